The Labute approximate surface area is 248 Å². The molecule has 0 fully saturated rings. The van der Waals surface area contributed by atoms with Gasteiger partial charge in [-0.15, -0.1) is 5.10 Å². The van der Waals surface area contributed by atoms with Gasteiger partial charge in [-0.05, 0) is 48.9 Å². The van der Waals surface area contributed by atoms with E-state index in [2.05, 4.69) is 10.3 Å². The van der Waals surface area contributed by atoms with Crippen molar-refractivity contribution in [3.05, 3.63) is 106 Å². The predicted molar refractivity (Wildman–Crippen MR) is 161 cm³/mol. The monoisotopic (exact) mass is 590 g/mol. The third kappa shape index (κ3) is 6.52. The number of halogens is 1. The third-order valence-electron chi connectivity index (χ3n) is 6.46. The first-order valence-corrected chi connectivity index (χ1v) is 14.8. The first-order valence-electron chi connectivity index (χ1n) is 13.4. The van der Waals surface area contributed by atoms with Crippen LogP contribution in [0, 0.1) is 0 Å². The quantitative estimate of drug-likeness (QED) is 0.147. The van der Waals surface area contributed by atoms with Gasteiger partial charge in [0.25, 0.3) is 0 Å². The van der Waals surface area contributed by atoms with Gasteiger partial charge in [-0.25, -0.2) is 9.48 Å². The highest BCUT2D eigenvalue weighted by Crippen LogP contribution is 2.40. The summed E-state index contributed by atoms with van der Waals surface area (Å²) in [5.41, 5.74) is 3.65. The normalized spacial score (nSPS) is 14.3. The number of thioether (sulfide) groups is 1. The van der Waals surface area contributed by atoms with Crippen LogP contribution in [0.1, 0.15) is 43.5 Å². The van der Waals surface area contributed by atoms with E-state index in [0.29, 0.717) is 45.5 Å². The van der Waals surface area contributed by atoms with Crippen molar-refractivity contribution in [2.45, 2.75) is 45.2 Å². The average Bonchev–Trinajstić information content (AvgIpc) is 3.38. The summed E-state index contributed by atoms with van der Waals surface area (Å²) >= 11 is 7.86. The van der Waals surface area contributed by atoms with Gasteiger partial charge < -0.3 is 19.5 Å². The topological polar surface area (TPSA) is 87.5 Å². The number of fused-ring (bicyclic) bond motifs is 1. The minimum absolute atomic E-state index is 0.156. The molecule has 1 atom stereocenters. The molecule has 8 nitrogen and oxygen atoms in total. The van der Waals surface area contributed by atoms with Crippen molar-refractivity contribution in [1.29, 1.82) is 0 Å². The summed E-state index contributed by atoms with van der Waals surface area (Å²) in [6.07, 6.45) is 0. The van der Waals surface area contributed by atoms with Crippen molar-refractivity contribution in [3.63, 3.8) is 0 Å². The largest absolute Gasteiger partial charge is 0.490 e. The van der Waals surface area contributed by atoms with E-state index in [0.717, 1.165) is 22.4 Å². The van der Waals surface area contributed by atoms with E-state index in [-0.39, 0.29) is 13.2 Å². The van der Waals surface area contributed by atoms with E-state index in [1.54, 1.807) is 4.68 Å². The second-order valence-corrected chi connectivity index (χ2v) is 10.9. The van der Waals surface area contributed by atoms with Crippen LogP contribution in [0.15, 0.2) is 89.2 Å². The van der Waals surface area contributed by atoms with Gasteiger partial charge in [-0.3, -0.25) is 0 Å². The Morgan fingerprint density at radius 3 is 2.54 bits per heavy atom. The van der Waals surface area contributed by atoms with Crippen LogP contribution in [0.4, 0.5) is 5.95 Å². The number of nitrogens with zero attached hydrogens (tertiary/aromatic N) is 3. The maximum absolute atomic E-state index is 13.6. The number of allylic oxidation sites excluding steroid dienone is 1. The molecular weight excluding hydrogens is 560 g/mol. The summed E-state index contributed by atoms with van der Waals surface area (Å²) in [5.74, 6) is 2.06. The van der Waals surface area contributed by atoms with Crippen LogP contribution in [0.3, 0.4) is 0 Å². The number of anilines is 1. The number of benzene rings is 3. The fraction of sp³-hybridized carbons (Fsp3) is 0.258. The highest BCUT2D eigenvalue weighted by Gasteiger charge is 2.36. The van der Waals surface area contributed by atoms with Gasteiger partial charge >= 0.3 is 5.97 Å². The minimum Gasteiger partial charge on any atom is -0.490 e. The predicted octanol–water partition coefficient (Wildman–Crippen LogP) is 7.05. The van der Waals surface area contributed by atoms with Gasteiger partial charge in [0.1, 0.15) is 19.3 Å². The fourth-order valence-electron chi connectivity index (χ4n) is 4.55. The Kier molecular flexibility index (Phi) is 9.16. The zero-order chi connectivity index (χ0) is 28.8. The Bertz CT molecular complexity index is 1560. The molecule has 10 heteroatoms. The minimum atomic E-state index is -0.593. The van der Waals surface area contributed by atoms with Crippen molar-refractivity contribution in [3.8, 4) is 11.5 Å². The molecule has 0 spiro atoms. The van der Waals surface area contributed by atoms with Crippen molar-refractivity contribution in [2.24, 2.45) is 0 Å². The van der Waals surface area contributed by atoms with E-state index in [9.17, 15) is 4.79 Å². The molecule has 1 aliphatic rings. The van der Waals surface area contributed by atoms with Gasteiger partial charge in [0.05, 0.1) is 12.2 Å². The zero-order valence-corrected chi connectivity index (χ0v) is 24.7. The number of hydrogen-bond acceptors (Lipinski definition) is 8. The second kappa shape index (κ2) is 13.1. The number of rotatable bonds is 11. The summed E-state index contributed by atoms with van der Waals surface area (Å²) in [7, 11) is 0. The molecule has 41 heavy (non-hydrogen) atoms. The number of carbonyl (C=O) groups excluding carboxylic acids is 1. The Morgan fingerprint density at radius 1 is 1.00 bits per heavy atom. The lowest BCUT2D eigenvalue weighted by molar-refractivity contribution is -0.140. The summed E-state index contributed by atoms with van der Waals surface area (Å²) in [6.45, 7) is 6.68. The molecule has 5 rings (SSSR count). The molecule has 1 unspecified atom stereocenters. The molecule has 1 aromatic heterocycles. The number of aromatic nitrogens is 3. The van der Waals surface area contributed by atoms with Gasteiger partial charge in [0, 0.05) is 16.3 Å². The molecule has 0 saturated carbocycles. The highest BCUT2D eigenvalue weighted by atomic mass is 35.5. The molecule has 0 amide bonds. The molecule has 4 aromatic rings. The summed E-state index contributed by atoms with van der Waals surface area (Å²) in [6, 6.07) is 22.2. The third-order valence-corrected chi connectivity index (χ3v) is 7.55. The van der Waals surface area contributed by atoms with E-state index in [4.69, 9.17) is 30.9 Å². The molecule has 0 bridgehead atoms. The first kappa shape index (κ1) is 28.6. The smallest absolute Gasteiger partial charge is 0.338 e. The molecule has 0 saturated heterocycles. The van der Waals surface area contributed by atoms with E-state index in [1.165, 1.54) is 11.8 Å². The van der Waals surface area contributed by atoms with E-state index in [1.807, 2.05) is 93.6 Å². The molecule has 1 N–H and O–H groups in total. The van der Waals surface area contributed by atoms with Crippen LogP contribution >= 0.6 is 23.4 Å². The highest BCUT2D eigenvalue weighted by molar-refractivity contribution is 7.99. The van der Waals surface area contributed by atoms with Crippen LogP contribution in [-0.4, -0.2) is 33.1 Å². The lowest BCUT2D eigenvalue weighted by atomic mass is 9.95. The summed E-state index contributed by atoms with van der Waals surface area (Å²) < 4.78 is 19.6. The number of ether oxygens (including phenoxy) is 3. The number of carbonyl (C=O) groups is 1. The van der Waals surface area contributed by atoms with Crippen molar-refractivity contribution in [1.82, 2.24) is 14.8 Å². The zero-order valence-electron chi connectivity index (χ0n) is 23.1. The maximum Gasteiger partial charge on any atom is 0.338 e. The average molecular weight is 591 g/mol. The van der Waals surface area contributed by atoms with Crippen LogP contribution in [0.2, 0.25) is 5.02 Å². The van der Waals surface area contributed by atoms with Gasteiger partial charge in [-0.2, -0.15) is 4.98 Å². The molecule has 3 aromatic carbocycles. The number of hydrogen-bond donors (Lipinski definition) is 1. The fourth-order valence-corrected chi connectivity index (χ4v) is 5.29. The molecule has 1 aliphatic heterocycles. The Hall–Kier alpha value is -3.95. The van der Waals surface area contributed by atoms with Gasteiger partial charge in [0.15, 0.2) is 11.5 Å². The molecule has 2 heterocycles. The maximum atomic E-state index is 13.6. The second-order valence-electron chi connectivity index (χ2n) is 9.24. The van der Waals surface area contributed by atoms with E-state index >= 15 is 0 Å². The van der Waals surface area contributed by atoms with Gasteiger partial charge in [-0.1, -0.05) is 84.9 Å². The first-order chi connectivity index (χ1) is 20.0. The Balaban J connectivity index is 1.50. The van der Waals surface area contributed by atoms with Crippen LogP contribution in [0.25, 0.3) is 0 Å². The van der Waals surface area contributed by atoms with Crippen LogP contribution in [-0.2, 0) is 22.7 Å². The summed E-state index contributed by atoms with van der Waals surface area (Å²) in [5, 5.41) is 9.25. The van der Waals surface area contributed by atoms with Gasteiger partial charge in [0.2, 0.25) is 11.1 Å². The standard InChI is InChI=1S/C31H31ClN4O4S/c1-4-38-26-17-22(15-16-25(26)39-19-23-13-9-10-14-24(23)32)28-27(29(37)40-18-21-11-7-6-8-12-21)20(3)33-30-34-31(41-5-2)35-36(28)30/h6-17,28H,4-5,18-19H2,1-3H3,(H,33,34,35). The van der Waals surface area contributed by atoms with Crippen LogP contribution in [0.5, 0.6) is 11.5 Å². The SMILES string of the molecule is CCOc1cc(C2C(C(=O)OCc3ccccc3)=C(C)Nc3nc(SCC)nn32)ccc1OCc1ccccc1Cl. The number of esters is 1. The summed E-state index contributed by atoms with van der Waals surface area (Å²) in [4.78, 5) is 18.3. The van der Waals surface area contributed by atoms with E-state index < -0.39 is 12.0 Å². The number of nitrogens with one attached hydrogen (secondary N) is 1. The molecule has 0 radical (unpaired) electrons. The lowest BCUT2D eigenvalue weighted by Crippen LogP contribution is -2.29. The lowest BCUT2D eigenvalue weighted by Gasteiger charge is -2.28. The van der Waals surface area contributed by atoms with Crippen molar-refractivity contribution >= 4 is 35.3 Å². The Morgan fingerprint density at radius 2 is 1.78 bits per heavy atom. The van der Waals surface area contributed by atoms with Crippen molar-refractivity contribution < 1.29 is 19.0 Å². The van der Waals surface area contributed by atoms with Crippen LogP contribution < -0.4 is 14.8 Å². The van der Waals surface area contributed by atoms with Crippen molar-refractivity contribution in [2.75, 3.05) is 17.7 Å². The molecule has 212 valence electrons. The molecular formula is C31H31ClN4O4S. The molecule has 0 aliphatic carbocycles.